The molecule has 0 aliphatic heterocycles. The minimum absolute atomic E-state index is 0.684. The predicted molar refractivity (Wildman–Crippen MR) is 70.5 cm³/mol. The Morgan fingerprint density at radius 1 is 1.06 bits per heavy atom. The zero-order valence-corrected chi connectivity index (χ0v) is 10.1. The van der Waals surface area contributed by atoms with E-state index in [1.165, 1.54) is 31.2 Å². The summed E-state index contributed by atoms with van der Waals surface area (Å²) in [4.78, 5) is 8.70. The lowest BCUT2D eigenvalue weighted by molar-refractivity contribution is 0.638. The third-order valence-electron chi connectivity index (χ3n) is 3.95. The van der Waals surface area contributed by atoms with E-state index in [1.807, 2.05) is 18.3 Å². The van der Waals surface area contributed by atoms with Gasteiger partial charge in [0.15, 0.2) is 0 Å². The van der Waals surface area contributed by atoms with Crippen LogP contribution in [0.4, 0.5) is 0 Å². The van der Waals surface area contributed by atoms with E-state index in [2.05, 4.69) is 16.0 Å². The average Bonchev–Trinajstić information content (AvgIpc) is 3.05. The molecule has 0 amide bonds. The predicted octanol–water partition coefficient (Wildman–Crippen LogP) is 4.03. The van der Waals surface area contributed by atoms with Crippen molar-refractivity contribution in [3.63, 3.8) is 0 Å². The maximum absolute atomic E-state index is 5.65. The fourth-order valence-electron chi connectivity index (χ4n) is 2.99. The van der Waals surface area contributed by atoms with Gasteiger partial charge in [0.25, 0.3) is 0 Å². The molecule has 0 atom stereocenters. The minimum atomic E-state index is 0.684. The number of furan rings is 1. The Hall–Kier alpha value is -1.90. The minimum Gasteiger partial charge on any atom is -0.419 e. The largest absolute Gasteiger partial charge is 0.419 e. The van der Waals surface area contributed by atoms with E-state index < -0.39 is 0 Å². The number of fused-ring (bicyclic) bond motifs is 3. The Morgan fingerprint density at radius 3 is 2.78 bits per heavy atom. The van der Waals surface area contributed by atoms with Gasteiger partial charge in [-0.25, -0.2) is 9.97 Å². The second-order valence-electron chi connectivity index (χ2n) is 5.06. The Balaban J connectivity index is 1.94. The molecule has 1 aliphatic rings. The Morgan fingerprint density at radius 2 is 1.89 bits per heavy atom. The molecule has 90 valence electrons. The molecule has 0 saturated heterocycles. The monoisotopic (exact) mass is 238 g/mol. The number of hydrogen-bond donors (Lipinski definition) is 0. The van der Waals surface area contributed by atoms with Gasteiger partial charge in [0, 0.05) is 17.8 Å². The fraction of sp³-hybridized carbons (Fsp3) is 0.333. The molecule has 0 radical (unpaired) electrons. The highest BCUT2D eigenvalue weighted by atomic mass is 16.3. The summed E-state index contributed by atoms with van der Waals surface area (Å²) in [6.45, 7) is 0. The maximum atomic E-state index is 5.65. The van der Waals surface area contributed by atoms with Crippen molar-refractivity contribution in [3.05, 3.63) is 36.2 Å². The van der Waals surface area contributed by atoms with Crippen LogP contribution in [0, 0.1) is 0 Å². The summed E-state index contributed by atoms with van der Waals surface area (Å²) >= 11 is 0. The molecule has 18 heavy (non-hydrogen) atoms. The molecule has 3 nitrogen and oxygen atoms in total. The van der Waals surface area contributed by atoms with Crippen molar-refractivity contribution < 1.29 is 4.42 Å². The first kappa shape index (κ1) is 10.1. The highest BCUT2D eigenvalue weighted by Gasteiger charge is 2.19. The van der Waals surface area contributed by atoms with Crippen molar-refractivity contribution in [3.8, 4) is 0 Å². The quantitative estimate of drug-likeness (QED) is 0.642. The molecule has 3 heterocycles. The van der Waals surface area contributed by atoms with Crippen molar-refractivity contribution >= 4 is 22.2 Å². The van der Waals surface area contributed by atoms with Crippen LogP contribution in [-0.4, -0.2) is 9.97 Å². The van der Waals surface area contributed by atoms with Gasteiger partial charge in [-0.1, -0.05) is 12.8 Å². The molecule has 1 fully saturated rings. The molecular weight excluding hydrogens is 224 g/mol. The molecule has 3 aromatic heterocycles. The Labute approximate surface area is 105 Å². The third-order valence-corrected chi connectivity index (χ3v) is 3.95. The standard InChI is InChI=1S/C15H14N2O/c1-2-5-10(4-1)11-8-13-12-6-3-7-16-14(12)18-15(13)17-9-11/h3,6-10H,1-2,4-5H2. The molecule has 0 N–H and O–H groups in total. The van der Waals surface area contributed by atoms with Crippen molar-refractivity contribution in [1.29, 1.82) is 0 Å². The smallest absolute Gasteiger partial charge is 0.229 e. The van der Waals surface area contributed by atoms with Crippen LogP contribution in [0.15, 0.2) is 35.0 Å². The zero-order valence-electron chi connectivity index (χ0n) is 10.1. The number of rotatable bonds is 1. The van der Waals surface area contributed by atoms with E-state index in [-0.39, 0.29) is 0 Å². The first-order valence-corrected chi connectivity index (χ1v) is 6.55. The van der Waals surface area contributed by atoms with E-state index in [4.69, 9.17) is 4.42 Å². The summed E-state index contributed by atoms with van der Waals surface area (Å²) in [6, 6.07) is 6.24. The number of nitrogens with zero attached hydrogens (tertiary/aromatic N) is 2. The van der Waals surface area contributed by atoms with E-state index in [1.54, 1.807) is 6.20 Å². The van der Waals surface area contributed by atoms with Gasteiger partial charge in [-0.3, -0.25) is 0 Å². The highest BCUT2D eigenvalue weighted by Crippen LogP contribution is 2.36. The number of hydrogen-bond acceptors (Lipinski definition) is 3. The number of pyridine rings is 2. The van der Waals surface area contributed by atoms with Crippen molar-refractivity contribution in [2.75, 3.05) is 0 Å². The molecule has 0 unspecified atom stereocenters. The summed E-state index contributed by atoms with van der Waals surface area (Å²) in [5, 5.41) is 2.17. The second kappa shape index (κ2) is 3.80. The fourth-order valence-corrected chi connectivity index (χ4v) is 2.99. The molecule has 4 rings (SSSR count). The van der Waals surface area contributed by atoms with Gasteiger partial charge >= 0.3 is 0 Å². The summed E-state index contributed by atoms with van der Waals surface area (Å²) in [5.74, 6) is 0.684. The van der Waals surface area contributed by atoms with Crippen LogP contribution < -0.4 is 0 Å². The van der Waals surface area contributed by atoms with E-state index in [0.29, 0.717) is 17.3 Å². The molecule has 3 aromatic rings. The van der Waals surface area contributed by atoms with Gasteiger partial charge < -0.3 is 4.42 Å². The van der Waals surface area contributed by atoms with Crippen LogP contribution in [0.2, 0.25) is 0 Å². The lowest BCUT2D eigenvalue weighted by atomic mass is 9.98. The average molecular weight is 238 g/mol. The maximum Gasteiger partial charge on any atom is 0.229 e. The third kappa shape index (κ3) is 1.43. The lowest BCUT2D eigenvalue weighted by Crippen LogP contribution is -1.92. The Bertz CT molecular complexity index is 711. The summed E-state index contributed by atoms with van der Waals surface area (Å²) in [7, 11) is 0. The highest BCUT2D eigenvalue weighted by molar-refractivity contribution is 6.02. The number of aromatic nitrogens is 2. The van der Waals surface area contributed by atoms with Crippen LogP contribution in [0.25, 0.3) is 22.2 Å². The molecule has 0 aromatic carbocycles. The van der Waals surface area contributed by atoms with Gasteiger partial charge in [-0.05, 0) is 42.5 Å². The second-order valence-corrected chi connectivity index (χ2v) is 5.06. The first-order chi connectivity index (χ1) is 8.92. The van der Waals surface area contributed by atoms with Crippen LogP contribution in [0.3, 0.4) is 0 Å². The van der Waals surface area contributed by atoms with Gasteiger partial charge in [-0.15, -0.1) is 0 Å². The molecule has 3 heteroatoms. The van der Waals surface area contributed by atoms with Crippen molar-refractivity contribution in [1.82, 2.24) is 9.97 Å². The summed E-state index contributed by atoms with van der Waals surface area (Å²) < 4.78 is 5.65. The van der Waals surface area contributed by atoms with Crippen LogP contribution in [0.1, 0.15) is 37.2 Å². The topological polar surface area (TPSA) is 38.9 Å². The normalized spacial score (nSPS) is 16.9. The molecule has 1 saturated carbocycles. The van der Waals surface area contributed by atoms with E-state index in [9.17, 15) is 0 Å². The molecule has 1 aliphatic carbocycles. The van der Waals surface area contributed by atoms with E-state index >= 15 is 0 Å². The van der Waals surface area contributed by atoms with Crippen LogP contribution in [-0.2, 0) is 0 Å². The first-order valence-electron chi connectivity index (χ1n) is 6.55. The molecular formula is C15H14N2O. The van der Waals surface area contributed by atoms with Gasteiger partial charge in [0.1, 0.15) is 0 Å². The zero-order chi connectivity index (χ0) is 11.9. The van der Waals surface area contributed by atoms with Gasteiger partial charge in [0.05, 0.1) is 5.39 Å². The van der Waals surface area contributed by atoms with Crippen LogP contribution in [0.5, 0.6) is 0 Å². The summed E-state index contributed by atoms with van der Waals surface area (Å²) in [5.41, 5.74) is 2.74. The molecule has 0 spiro atoms. The van der Waals surface area contributed by atoms with Crippen LogP contribution >= 0.6 is 0 Å². The van der Waals surface area contributed by atoms with Crippen molar-refractivity contribution in [2.45, 2.75) is 31.6 Å². The lowest BCUT2D eigenvalue weighted by Gasteiger charge is -2.07. The summed E-state index contributed by atoms with van der Waals surface area (Å²) in [6.07, 6.45) is 9.00. The SMILES string of the molecule is c1cnc2oc3ncc(C4CCCC4)cc3c2c1. The van der Waals surface area contributed by atoms with Gasteiger partial charge in [-0.2, -0.15) is 0 Å². The van der Waals surface area contributed by atoms with Crippen molar-refractivity contribution in [2.24, 2.45) is 0 Å². The van der Waals surface area contributed by atoms with E-state index in [0.717, 1.165) is 10.8 Å². The molecule has 0 bridgehead atoms. The Kier molecular flexibility index (Phi) is 2.13. The van der Waals surface area contributed by atoms with Gasteiger partial charge in [0.2, 0.25) is 11.4 Å².